The van der Waals surface area contributed by atoms with Gasteiger partial charge in [-0.2, -0.15) is 0 Å². The van der Waals surface area contributed by atoms with Crippen molar-refractivity contribution in [3.05, 3.63) is 55.6 Å². The number of nitro groups is 1. The lowest BCUT2D eigenvalue weighted by molar-refractivity contribution is -0.384. The Labute approximate surface area is 162 Å². The van der Waals surface area contributed by atoms with E-state index in [9.17, 15) is 14.9 Å². The highest BCUT2D eigenvalue weighted by molar-refractivity contribution is 14.1. The molecule has 0 radical (unpaired) electrons. The minimum atomic E-state index is -1.08. The maximum Gasteiger partial charge on any atom is 0.341 e. The summed E-state index contributed by atoms with van der Waals surface area (Å²) >= 11 is 2.03. The van der Waals surface area contributed by atoms with Crippen LogP contribution in [-0.4, -0.2) is 35.4 Å². The number of carbonyl (C=O) groups is 1. The van der Waals surface area contributed by atoms with Crippen molar-refractivity contribution in [2.24, 2.45) is 4.99 Å². The van der Waals surface area contributed by atoms with Gasteiger partial charge >= 0.3 is 5.97 Å². The van der Waals surface area contributed by atoms with Crippen molar-refractivity contribution in [3.63, 3.8) is 0 Å². The molecule has 0 fully saturated rings. The fourth-order valence-corrected chi connectivity index (χ4v) is 2.79. The number of halogens is 1. The van der Waals surface area contributed by atoms with Gasteiger partial charge in [0, 0.05) is 18.3 Å². The SMILES string of the molecule is CCOc1cc(C=Nc2ccc([N+](=O)[O-])cc2)cc(I)c1OCC(=O)O. The Kier molecular flexibility index (Phi) is 6.89. The van der Waals surface area contributed by atoms with Crippen LogP contribution in [0.25, 0.3) is 0 Å². The normalized spacial score (nSPS) is 10.7. The van der Waals surface area contributed by atoms with Gasteiger partial charge in [0.1, 0.15) is 0 Å². The smallest absolute Gasteiger partial charge is 0.341 e. The van der Waals surface area contributed by atoms with Gasteiger partial charge in [0.05, 0.1) is 20.8 Å². The van der Waals surface area contributed by atoms with E-state index in [1.54, 1.807) is 30.5 Å². The molecule has 0 aromatic heterocycles. The average Bonchev–Trinajstić information content (AvgIpc) is 2.59. The number of nitrogens with zero attached hydrogens (tertiary/aromatic N) is 2. The summed E-state index contributed by atoms with van der Waals surface area (Å²) in [6, 6.07) is 9.32. The van der Waals surface area contributed by atoms with E-state index in [1.807, 2.05) is 29.5 Å². The molecule has 9 heteroatoms. The Morgan fingerprint density at radius 1 is 1.31 bits per heavy atom. The van der Waals surface area contributed by atoms with Crippen molar-refractivity contribution in [2.75, 3.05) is 13.2 Å². The Hall–Kier alpha value is -2.69. The summed E-state index contributed by atoms with van der Waals surface area (Å²) in [5.74, 6) is -0.291. The summed E-state index contributed by atoms with van der Waals surface area (Å²) in [6.07, 6.45) is 1.59. The second-order valence-electron chi connectivity index (χ2n) is 4.98. The average molecular weight is 470 g/mol. The van der Waals surface area contributed by atoms with E-state index in [0.717, 1.165) is 5.56 Å². The van der Waals surface area contributed by atoms with Gasteiger partial charge in [-0.3, -0.25) is 15.1 Å². The van der Waals surface area contributed by atoms with E-state index in [2.05, 4.69) is 4.99 Å². The molecule has 0 aliphatic carbocycles. The predicted octanol–water partition coefficient (Wildman–Crippen LogP) is 3.81. The lowest BCUT2D eigenvalue weighted by atomic mass is 10.2. The molecule has 0 heterocycles. The summed E-state index contributed by atoms with van der Waals surface area (Å²) in [4.78, 5) is 25.2. The first-order valence-corrected chi connectivity index (χ1v) is 8.58. The van der Waals surface area contributed by atoms with Crippen LogP contribution in [0.4, 0.5) is 11.4 Å². The molecule has 8 nitrogen and oxygen atoms in total. The monoisotopic (exact) mass is 470 g/mol. The second-order valence-corrected chi connectivity index (χ2v) is 6.14. The van der Waals surface area contributed by atoms with Crippen molar-refractivity contribution in [1.82, 2.24) is 0 Å². The molecule has 2 aromatic carbocycles. The van der Waals surface area contributed by atoms with E-state index < -0.39 is 17.5 Å². The van der Waals surface area contributed by atoms with Crippen molar-refractivity contribution in [3.8, 4) is 11.5 Å². The van der Waals surface area contributed by atoms with Crippen LogP contribution in [0.3, 0.4) is 0 Å². The summed E-state index contributed by atoms with van der Waals surface area (Å²) in [5.41, 5.74) is 1.28. The molecule has 0 spiro atoms. The van der Waals surface area contributed by atoms with Gasteiger partial charge in [-0.05, 0) is 59.3 Å². The highest BCUT2D eigenvalue weighted by Gasteiger charge is 2.13. The third-order valence-corrected chi connectivity index (χ3v) is 3.90. The molecule has 0 unspecified atom stereocenters. The molecule has 0 atom stereocenters. The van der Waals surface area contributed by atoms with Gasteiger partial charge in [0.25, 0.3) is 5.69 Å². The molecule has 0 amide bonds. The first-order chi connectivity index (χ1) is 12.4. The molecule has 2 rings (SSSR count). The third kappa shape index (κ3) is 5.41. The molecule has 0 bridgehead atoms. The minimum Gasteiger partial charge on any atom is -0.490 e. The lowest BCUT2D eigenvalue weighted by Crippen LogP contribution is -2.11. The number of hydrogen-bond acceptors (Lipinski definition) is 6. The Morgan fingerprint density at radius 3 is 2.58 bits per heavy atom. The number of non-ortho nitro benzene ring substituents is 1. The van der Waals surface area contributed by atoms with Gasteiger partial charge in [-0.15, -0.1) is 0 Å². The Bertz CT molecular complexity index is 836. The maximum atomic E-state index is 10.7. The fourth-order valence-electron chi connectivity index (χ4n) is 2.01. The van der Waals surface area contributed by atoms with E-state index in [-0.39, 0.29) is 5.69 Å². The highest BCUT2D eigenvalue weighted by atomic mass is 127. The number of carboxylic acids is 1. The van der Waals surface area contributed by atoms with Crippen LogP contribution in [0.15, 0.2) is 41.4 Å². The zero-order valence-electron chi connectivity index (χ0n) is 13.7. The summed E-state index contributed by atoms with van der Waals surface area (Å²) in [6.45, 7) is 1.74. The van der Waals surface area contributed by atoms with Gasteiger partial charge in [0.15, 0.2) is 18.1 Å². The fraction of sp³-hybridized carbons (Fsp3) is 0.176. The van der Waals surface area contributed by atoms with Crippen molar-refractivity contribution in [2.45, 2.75) is 6.92 Å². The summed E-state index contributed by atoms with van der Waals surface area (Å²) in [5, 5.41) is 19.4. The van der Waals surface area contributed by atoms with E-state index in [1.165, 1.54) is 12.1 Å². The minimum absolute atomic E-state index is 0.00272. The third-order valence-electron chi connectivity index (χ3n) is 3.09. The highest BCUT2D eigenvalue weighted by Crippen LogP contribution is 2.34. The van der Waals surface area contributed by atoms with Crippen LogP contribution < -0.4 is 9.47 Å². The zero-order chi connectivity index (χ0) is 19.1. The van der Waals surface area contributed by atoms with Crippen molar-refractivity contribution < 1.29 is 24.3 Å². The van der Waals surface area contributed by atoms with Crippen LogP contribution in [0.1, 0.15) is 12.5 Å². The largest absolute Gasteiger partial charge is 0.490 e. The predicted molar refractivity (Wildman–Crippen MR) is 104 cm³/mol. The number of aliphatic imine (C=N–C) groups is 1. The summed E-state index contributed by atoms with van der Waals surface area (Å²) < 4.78 is 11.5. The molecular weight excluding hydrogens is 455 g/mol. The topological polar surface area (TPSA) is 111 Å². The number of carboxylic acid groups (broad SMARTS) is 1. The number of aliphatic carboxylic acids is 1. The van der Waals surface area contributed by atoms with Gasteiger partial charge in [-0.25, -0.2) is 4.79 Å². The van der Waals surface area contributed by atoms with Gasteiger partial charge in [-0.1, -0.05) is 0 Å². The Balaban J connectivity index is 2.25. The molecular formula is C17H15IN2O6. The molecule has 1 N–H and O–H groups in total. The molecule has 2 aromatic rings. The Morgan fingerprint density at radius 2 is 2.00 bits per heavy atom. The zero-order valence-corrected chi connectivity index (χ0v) is 15.9. The first kappa shape index (κ1) is 19.6. The van der Waals surface area contributed by atoms with Crippen LogP contribution in [-0.2, 0) is 4.79 Å². The molecule has 26 heavy (non-hydrogen) atoms. The van der Waals surface area contributed by atoms with Crippen molar-refractivity contribution >= 4 is 46.1 Å². The van der Waals surface area contributed by atoms with Crippen LogP contribution >= 0.6 is 22.6 Å². The molecule has 0 aliphatic heterocycles. The number of rotatable bonds is 8. The number of benzene rings is 2. The summed E-state index contributed by atoms with van der Waals surface area (Å²) in [7, 11) is 0. The molecule has 136 valence electrons. The van der Waals surface area contributed by atoms with E-state index >= 15 is 0 Å². The quantitative estimate of drug-likeness (QED) is 0.272. The van der Waals surface area contributed by atoms with Crippen LogP contribution in [0.5, 0.6) is 11.5 Å². The van der Waals surface area contributed by atoms with E-state index in [0.29, 0.717) is 27.4 Å². The number of nitro benzene ring substituents is 1. The number of ether oxygens (including phenoxy) is 2. The van der Waals surface area contributed by atoms with Crippen LogP contribution in [0.2, 0.25) is 0 Å². The second kappa shape index (κ2) is 9.13. The van der Waals surface area contributed by atoms with Crippen molar-refractivity contribution in [1.29, 1.82) is 0 Å². The van der Waals surface area contributed by atoms with Gasteiger partial charge in [0.2, 0.25) is 0 Å². The standard InChI is InChI=1S/C17H15IN2O6/c1-2-25-15-8-11(7-14(18)17(15)26-10-16(21)22)9-19-12-3-5-13(6-4-12)20(23)24/h3-9H,2,10H2,1H3,(H,21,22). The van der Waals surface area contributed by atoms with Gasteiger partial charge < -0.3 is 14.6 Å². The maximum absolute atomic E-state index is 10.7. The lowest BCUT2D eigenvalue weighted by Gasteiger charge is -2.13. The van der Waals surface area contributed by atoms with Crippen LogP contribution in [0, 0.1) is 13.7 Å². The molecule has 0 saturated heterocycles. The first-order valence-electron chi connectivity index (χ1n) is 7.50. The van der Waals surface area contributed by atoms with E-state index in [4.69, 9.17) is 14.6 Å². The molecule has 0 saturated carbocycles. The molecule has 0 aliphatic rings. The number of hydrogen-bond donors (Lipinski definition) is 1.